The number of nitrogens with two attached hydrogens (primary N) is 1. The first kappa shape index (κ1) is 9.94. The Labute approximate surface area is 66.6 Å². The summed E-state index contributed by atoms with van der Waals surface area (Å²) in [5.41, 5.74) is 0.954. The van der Waals surface area contributed by atoms with Crippen molar-refractivity contribution in [2.24, 2.45) is 0 Å². The van der Waals surface area contributed by atoms with Crippen molar-refractivity contribution in [3.63, 3.8) is 0 Å². The van der Waals surface area contributed by atoms with Gasteiger partial charge in [-0.05, 0) is 13.0 Å². The molecule has 0 saturated heterocycles. The van der Waals surface area contributed by atoms with Gasteiger partial charge in [0, 0.05) is 6.08 Å². The van der Waals surface area contributed by atoms with E-state index in [1.807, 2.05) is 6.92 Å². The smallest absolute Gasteiger partial charge is 0.129 e. The van der Waals surface area contributed by atoms with Crippen LogP contribution in [0.1, 0.15) is 6.92 Å². The maximum absolute atomic E-state index is 8.33. The Hall–Kier alpha value is -1.06. The second-order valence-corrected chi connectivity index (χ2v) is 1.75. The molecule has 0 fully saturated rings. The lowest BCUT2D eigenvalue weighted by atomic mass is 10.4. The van der Waals surface area contributed by atoms with E-state index in [1.54, 1.807) is 18.2 Å². The Bertz CT molecular complexity index is 161. The minimum Gasteiger partial charge on any atom is -0.494 e. The topological polar surface area (TPSA) is 46.1 Å². The first-order valence-corrected chi connectivity index (χ1v) is 3.44. The molecule has 0 aromatic carbocycles. The first-order chi connectivity index (χ1) is 5.35. The molecule has 0 saturated carbocycles. The normalized spacial score (nSPS) is 12.0. The van der Waals surface area contributed by atoms with E-state index in [2.05, 4.69) is 6.58 Å². The zero-order valence-electron chi connectivity index (χ0n) is 6.66. The number of ether oxygens (including phenoxy) is 1. The Kier molecular flexibility index (Phi) is 6.37. The number of allylic oxidation sites excluding steroid dienone is 3. The average Bonchev–Trinajstić information content (AvgIpc) is 2.01. The van der Waals surface area contributed by atoms with Crippen molar-refractivity contribution in [3.05, 3.63) is 36.8 Å². The molecule has 0 aromatic heterocycles. The second-order valence-electron chi connectivity index (χ2n) is 1.75. The third kappa shape index (κ3) is 5.39. The zero-order valence-corrected chi connectivity index (χ0v) is 6.66. The van der Waals surface area contributed by atoms with E-state index in [9.17, 15) is 0 Å². The lowest BCUT2D eigenvalue weighted by molar-refractivity contribution is -0.838. The van der Waals surface area contributed by atoms with Gasteiger partial charge in [0.25, 0.3) is 0 Å². The zero-order chi connectivity index (χ0) is 8.53. The molecule has 0 unspecified atom stereocenters. The monoisotopic (exact) mass is 156 g/mol. The highest BCUT2D eigenvalue weighted by molar-refractivity contribution is 5.15. The highest BCUT2D eigenvalue weighted by atomic mass is 16.5. The molecule has 3 N–H and O–H groups in total. The van der Waals surface area contributed by atoms with E-state index in [-0.39, 0.29) is 0 Å². The summed E-state index contributed by atoms with van der Waals surface area (Å²) in [6.45, 7) is 6.03. The van der Waals surface area contributed by atoms with Gasteiger partial charge in [-0.25, -0.2) is 5.21 Å². The van der Waals surface area contributed by atoms with E-state index in [1.165, 1.54) is 6.20 Å². The van der Waals surface area contributed by atoms with Crippen LogP contribution in [0.5, 0.6) is 0 Å². The van der Waals surface area contributed by atoms with Crippen LogP contribution in [0.3, 0.4) is 0 Å². The van der Waals surface area contributed by atoms with Crippen LogP contribution < -0.4 is 5.48 Å². The van der Waals surface area contributed by atoms with Gasteiger partial charge in [0.05, 0.1) is 6.61 Å². The summed E-state index contributed by atoms with van der Waals surface area (Å²) in [7, 11) is 0. The Balaban J connectivity index is 3.98. The predicted molar refractivity (Wildman–Crippen MR) is 42.8 cm³/mol. The molecule has 62 valence electrons. The SMILES string of the molecule is C=C/C=C(\C=C/[NH2+]O)OCC. The lowest BCUT2D eigenvalue weighted by Gasteiger charge is -2.00. The molecule has 0 radical (unpaired) electrons. The van der Waals surface area contributed by atoms with Gasteiger partial charge in [-0.3, -0.25) is 0 Å². The van der Waals surface area contributed by atoms with Crippen LogP contribution in [0.15, 0.2) is 36.8 Å². The van der Waals surface area contributed by atoms with Gasteiger partial charge < -0.3 is 4.74 Å². The molecule has 0 spiro atoms. The number of hydrogen-bond acceptors (Lipinski definition) is 2. The Morgan fingerprint density at radius 3 is 2.91 bits per heavy atom. The lowest BCUT2D eigenvalue weighted by Crippen LogP contribution is -2.73. The summed E-state index contributed by atoms with van der Waals surface area (Å²) < 4.78 is 5.16. The van der Waals surface area contributed by atoms with E-state index >= 15 is 0 Å². The predicted octanol–water partition coefficient (Wildman–Crippen LogP) is 0.559. The summed E-state index contributed by atoms with van der Waals surface area (Å²) in [5, 5.41) is 8.33. The minimum atomic E-state index is 0.607. The quantitative estimate of drug-likeness (QED) is 0.347. The maximum Gasteiger partial charge on any atom is 0.129 e. The van der Waals surface area contributed by atoms with Crippen molar-refractivity contribution in [1.29, 1.82) is 0 Å². The van der Waals surface area contributed by atoms with Crippen LogP contribution >= 0.6 is 0 Å². The number of rotatable bonds is 5. The minimum absolute atomic E-state index is 0.607. The molecule has 3 heteroatoms. The van der Waals surface area contributed by atoms with Gasteiger partial charge in [0.2, 0.25) is 0 Å². The van der Waals surface area contributed by atoms with E-state index in [0.29, 0.717) is 12.4 Å². The summed E-state index contributed by atoms with van der Waals surface area (Å²) in [5.74, 6) is 0.688. The third-order valence-corrected chi connectivity index (χ3v) is 0.940. The van der Waals surface area contributed by atoms with Crippen molar-refractivity contribution >= 4 is 0 Å². The molecule has 11 heavy (non-hydrogen) atoms. The molecule has 0 aromatic rings. The molecule has 0 aliphatic heterocycles. The molecule has 0 rings (SSSR count). The highest BCUT2D eigenvalue weighted by Gasteiger charge is 1.88. The van der Waals surface area contributed by atoms with E-state index < -0.39 is 0 Å². The van der Waals surface area contributed by atoms with Crippen LogP contribution in [0, 0.1) is 0 Å². The van der Waals surface area contributed by atoms with Crippen molar-refractivity contribution in [2.45, 2.75) is 6.92 Å². The highest BCUT2D eigenvalue weighted by Crippen LogP contribution is 1.97. The largest absolute Gasteiger partial charge is 0.494 e. The fraction of sp³-hybridized carbons (Fsp3) is 0.250. The summed E-state index contributed by atoms with van der Waals surface area (Å²) in [6, 6.07) is 0. The molecule has 0 atom stereocenters. The van der Waals surface area contributed by atoms with Crippen LogP contribution in [-0.4, -0.2) is 11.8 Å². The van der Waals surface area contributed by atoms with Crippen molar-refractivity contribution < 1.29 is 15.4 Å². The maximum atomic E-state index is 8.33. The Morgan fingerprint density at radius 1 is 1.73 bits per heavy atom. The van der Waals surface area contributed by atoms with Gasteiger partial charge in [0.1, 0.15) is 12.0 Å². The van der Waals surface area contributed by atoms with Gasteiger partial charge in [-0.15, -0.1) is 0 Å². The molecule has 0 amide bonds. The fourth-order valence-corrected chi connectivity index (χ4v) is 0.572. The van der Waals surface area contributed by atoms with Crippen molar-refractivity contribution in [3.8, 4) is 0 Å². The fourth-order valence-electron chi connectivity index (χ4n) is 0.572. The molecule has 0 heterocycles. The van der Waals surface area contributed by atoms with Crippen LogP contribution in [0.25, 0.3) is 0 Å². The van der Waals surface area contributed by atoms with Crippen molar-refractivity contribution in [1.82, 2.24) is 0 Å². The van der Waals surface area contributed by atoms with Gasteiger partial charge in [0.15, 0.2) is 0 Å². The molecule has 0 bridgehead atoms. The Morgan fingerprint density at radius 2 is 2.45 bits per heavy atom. The van der Waals surface area contributed by atoms with E-state index in [4.69, 9.17) is 9.94 Å². The van der Waals surface area contributed by atoms with Gasteiger partial charge in [-0.2, -0.15) is 5.48 Å². The summed E-state index contributed by atoms with van der Waals surface area (Å²) in [4.78, 5) is 0. The number of hydrogen-bond donors (Lipinski definition) is 2. The summed E-state index contributed by atoms with van der Waals surface area (Å²) >= 11 is 0. The molecular formula is C8H14NO2+. The van der Waals surface area contributed by atoms with Crippen LogP contribution in [0.4, 0.5) is 0 Å². The van der Waals surface area contributed by atoms with Gasteiger partial charge in [-0.1, -0.05) is 12.7 Å². The molecular weight excluding hydrogens is 142 g/mol. The van der Waals surface area contributed by atoms with E-state index in [0.717, 1.165) is 5.48 Å². The third-order valence-electron chi connectivity index (χ3n) is 0.940. The number of hydroxylamine groups is 1. The van der Waals surface area contributed by atoms with Crippen LogP contribution in [-0.2, 0) is 4.74 Å². The molecule has 0 aliphatic rings. The number of quaternary nitrogens is 1. The van der Waals surface area contributed by atoms with Crippen molar-refractivity contribution in [2.75, 3.05) is 6.61 Å². The molecule has 0 aliphatic carbocycles. The van der Waals surface area contributed by atoms with Gasteiger partial charge >= 0.3 is 0 Å². The molecule has 3 nitrogen and oxygen atoms in total. The standard InChI is InChI=1S/C8H13NO2/c1-3-5-8(11-4-2)6-7-9-10/h3,5-7,9-10H,1,4H2,2H3/p+1/b7-6-,8-5+. The first-order valence-electron chi connectivity index (χ1n) is 3.44. The second kappa shape index (κ2) is 7.05. The van der Waals surface area contributed by atoms with Crippen LogP contribution in [0.2, 0.25) is 0 Å². The summed E-state index contributed by atoms with van der Waals surface area (Å²) in [6.07, 6.45) is 6.51. The average molecular weight is 156 g/mol.